The van der Waals surface area contributed by atoms with E-state index in [1.165, 1.54) is 19.1 Å². The highest BCUT2D eigenvalue weighted by atomic mass is 32.2. The third-order valence-electron chi connectivity index (χ3n) is 3.51. The fourth-order valence-electron chi connectivity index (χ4n) is 1.83. The van der Waals surface area contributed by atoms with Crippen molar-refractivity contribution in [3.05, 3.63) is 29.8 Å². The lowest BCUT2D eigenvalue weighted by Gasteiger charge is -2.30. The fourth-order valence-corrected chi connectivity index (χ4v) is 2.92. The van der Waals surface area contributed by atoms with Gasteiger partial charge in [0.25, 0.3) is 5.91 Å². The van der Waals surface area contributed by atoms with Crippen LogP contribution < -0.4 is 5.32 Å². The molecule has 1 amide bonds. The van der Waals surface area contributed by atoms with Crippen molar-refractivity contribution in [2.45, 2.75) is 30.7 Å². The molecule has 0 fully saturated rings. The van der Waals surface area contributed by atoms with Crippen LogP contribution in [-0.4, -0.2) is 49.0 Å². The van der Waals surface area contributed by atoms with E-state index in [-0.39, 0.29) is 16.2 Å². The van der Waals surface area contributed by atoms with E-state index in [9.17, 15) is 23.4 Å². The predicted molar refractivity (Wildman–Crippen MR) is 78.8 cm³/mol. The Balaban J connectivity index is 3.21. The number of carbonyl (C=O) groups is 1. The van der Waals surface area contributed by atoms with Crippen LogP contribution in [0.4, 0.5) is 0 Å². The van der Waals surface area contributed by atoms with Crippen molar-refractivity contribution in [3.8, 4) is 0 Å². The monoisotopic (exact) mass is 315 g/mol. The van der Waals surface area contributed by atoms with Gasteiger partial charge in [0.2, 0.25) is 0 Å². The molecule has 0 spiro atoms. The van der Waals surface area contributed by atoms with E-state index in [0.29, 0.717) is 6.42 Å². The van der Waals surface area contributed by atoms with Gasteiger partial charge in [0, 0.05) is 0 Å². The molecule has 1 aromatic rings. The first kappa shape index (κ1) is 17.6. The van der Waals surface area contributed by atoms with Crippen LogP contribution in [0.3, 0.4) is 0 Å². The lowest BCUT2D eigenvalue weighted by atomic mass is 9.98. The van der Waals surface area contributed by atoms with E-state index in [1.807, 2.05) is 0 Å². The second kappa shape index (κ2) is 7.02. The Labute approximate surface area is 124 Å². The minimum absolute atomic E-state index is 0.0130. The Morgan fingerprint density at radius 2 is 1.76 bits per heavy atom. The third-order valence-corrected chi connectivity index (χ3v) is 5.29. The molecule has 6 nitrogen and oxygen atoms in total. The van der Waals surface area contributed by atoms with Crippen molar-refractivity contribution >= 4 is 15.7 Å². The number of benzene rings is 1. The summed E-state index contributed by atoms with van der Waals surface area (Å²) in [7, 11) is -3.54. The summed E-state index contributed by atoms with van der Waals surface area (Å²) >= 11 is 0. The first-order valence-electron chi connectivity index (χ1n) is 6.71. The van der Waals surface area contributed by atoms with Gasteiger partial charge in [0.15, 0.2) is 9.84 Å². The quantitative estimate of drug-likeness (QED) is 0.673. The van der Waals surface area contributed by atoms with Crippen LogP contribution in [-0.2, 0) is 9.84 Å². The van der Waals surface area contributed by atoms with Gasteiger partial charge in [-0.15, -0.1) is 0 Å². The van der Waals surface area contributed by atoms with Crippen molar-refractivity contribution in [3.63, 3.8) is 0 Å². The first-order chi connectivity index (χ1) is 9.85. The highest BCUT2D eigenvalue weighted by Gasteiger charge is 2.30. The van der Waals surface area contributed by atoms with E-state index < -0.39 is 34.5 Å². The van der Waals surface area contributed by atoms with E-state index in [4.69, 9.17) is 0 Å². The van der Waals surface area contributed by atoms with Gasteiger partial charge in [-0.3, -0.25) is 4.79 Å². The number of sulfone groups is 1. The lowest BCUT2D eigenvalue weighted by molar-refractivity contribution is 0.0650. The normalized spacial score (nSPS) is 12.2. The molecular weight excluding hydrogens is 294 g/mol. The topological polar surface area (TPSA) is 104 Å². The molecule has 1 rings (SSSR count). The molecule has 21 heavy (non-hydrogen) atoms. The zero-order valence-electron chi connectivity index (χ0n) is 12.2. The SMILES string of the molecule is CCC(CO)(CO)NC(=O)c1ccccc1S(=O)(=O)CC. The summed E-state index contributed by atoms with van der Waals surface area (Å²) in [5, 5.41) is 21.2. The molecule has 0 radical (unpaired) electrons. The van der Waals surface area contributed by atoms with Crippen LogP contribution in [0.25, 0.3) is 0 Å². The minimum Gasteiger partial charge on any atom is -0.394 e. The van der Waals surface area contributed by atoms with Crippen LogP contribution >= 0.6 is 0 Å². The largest absolute Gasteiger partial charge is 0.394 e. The van der Waals surface area contributed by atoms with Gasteiger partial charge < -0.3 is 15.5 Å². The standard InChI is InChI=1S/C14H21NO5S/c1-3-14(9-16,10-17)15-13(18)11-7-5-6-8-12(11)21(19,20)4-2/h5-8,16-17H,3-4,9-10H2,1-2H3,(H,15,18). The van der Waals surface area contributed by atoms with Gasteiger partial charge >= 0.3 is 0 Å². The van der Waals surface area contributed by atoms with Crippen molar-refractivity contribution in [2.24, 2.45) is 0 Å². The maximum Gasteiger partial charge on any atom is 0.253 e. The Bertz CT molecular complexity index is 585. The van der Waals surface area contributed by atoms with E-state index in [1.54, 1.807) is 19.1 Å². The number of hydrogen-bond donors (Lipinski definition) is 3. The van der Waals surface area contributed by atoms with Crippen LogP contribution in [0.2, 0.25) is 0 Å². The molecule has 0 saturated heterocycles. The molecule has 0 bridgehead atoms. The van der Waals surface area contributed by atoms with Crippen molar-refractivity contribution < 1.29 is 23.4 Å². The second-order valence-corrected chi connectivity index (χ2v) is 7.05. The molecule has 1 aromatic carbocycles. The molecule has 0 unspecified atom stereocenters. The van der Waals surface area contributed by atoms with E-state index >= 15 is 0 Å². The fraction of sp³-hybridized carbons (Fsp3) is 0.500. The summed E-state index contributed by atoms with van der Waals surface area (Å²) < 4.78 is 24.0. The van der Waals surface area contributed by atoms with Crippen LogP contribution in [0.1, 0.15) is 30.6 Å². The second-order valence-electron chi connectivity index (χ2n) is 4.80. The highest BCUT2D eigenvalue weighted by Crippen LogP contribution is 2.18. The maximum atomic E-state index is 12.3. The summed E-state index contributed by atoms with van der Waals surface area (Å²) in [4.78, 5) is 12.3. The molecule has 3 N–H and O–H groups in total. The maximum absolute atomic E-state index is 12.3. The Hall–Kier alpha value is -1.44. The van der Waals surface area contributed by atoms with Gasteiger partial charge in [-0.25, -0.2) is 8.42 Å². The summed E-state index contributed by atoms with van der Waals surface area (Å²) in [5.41, 5.74) is -1.15. The van der Waals surface area contributed by atoms with Gasteiger partial charge in [-0.05, 0) is 18.6 Å². The molecule has 0 aliphatic carbocycles. The smallest absolute Gasteiger partial charge is 0.253 e. The number of hydrogen-bond acceptors (Lipinski definition) is 5. The molecule has 0 aromatic heterocycles. The molecule has 0 heterocycles. The van der Waals surface area contributed by atoms with E-state index in [2.05, 4.69) is 5.32 Å². The molecule has 7 heteroatoms. The first-order valence-corrected chi connectivity index (χ1v) is 8.37. The minimum atomic E-state index is -3.54. The Kier molecular flexibility index (Phi) is 5.88. The van der Waals surface area contributed by atoms with Gasteiger partial charge in [-0.1, -0.05) is 26.0 Å². The number of amides is 1. The average Bonchev–Trinajstić information content (AvgIpc) is 2.52. The third kappa shape index (κ3) is 3.81. The van der Waals surface area contributed by atoms with Crippen molar-refractivity contribution in [1.82, 2.24) is 5.32 Å². The van der Waals surface area contributed by atoms with Gasteiger partial charge in [-0.2, -0.15) is 0 Å². The predicted octanol–water partition coefficient (Wildman–Crippen LogP) is 0.343. The highest BCUT2D eigenvalue weighted by molar-refractivity contribution is 7.91. The summed E-state index contributed by atoms with van der Waals surface area (Å²) in [6.07, 6.45) is 0.314. The number of aliphatic hydroxyl groups excluding tert-OH is 2. The van der Waals surface area contributed by atoms with Crippen LogP contribution in [0, 0.1) is 0 Å². The Morgan fingerprint density at radius 3 is 2.24 bits per heavy atom. The lowest BCUT2D eigenvalue weighted by Crippen LogP contribution is -2.54. The molecule has 118 valence electrons. The summed E-state index contributed by atoms with van der Waals surface area (Å²) in [6, 6.07) is 5.89. The van der Waals surface area contributed by atoms with Crippen LogP contribution in [0.5, 0.6) is 0 Å². The number of aliphatic hydroxyl groups is 2. The number of nitrogens with one attached hydrogen (secondary N) is 1. The molecule has 0 atom stereocenters. The molecule has 0 aliphatic rings. The van der Waals surface area contributed by atoms with Crippen molar-refractivity contribution in [2.75, 3.05) is 19.0 Å². The van der Waals surface area contributed by atoms with Gasteiger partial charge in [0.1, 0.15) is 0 Å². The average molecular weight is 315 g/mol. The van der Waals surface area contributed by atoms with Gasteiger partial charge in [0.05, 0.1) is 35.0 Å². The zero-order valence-corrected chi connectivity index (χ0v) is 13.0. The molecular formula is C14H21NO5S. The molecule has 0 aliphatic heterocycles. The number of rotatable bonds is 7. The zero-order chi connectivity index (χ0) is 16.1. The van der Waals surface area contributed by atoms with Crippen LogP contribution in [0.15, 0.2) is 29.2 Å². The van der Waals surface area contributed by atoms with Crippen molar-refractivity contribution in [1.29, 1.82) is 0 Å². The summed E-state index contributed by atoms with van der Waals surface area (Å²) in [6.45, 7) is 2.34. The Morgan fingerprint density at radius 1 is 1.19 bits per heavy atom. The number of carbonyl (C=O) groups excluding carboxylic acids is 1. The van der Waals surface area contributed by atoms with E-state index in [0.717, 1.165) is 0 Å². The molecule has 0 saturated carbocycles. The summed E-state index contributed by atoms with van der Waals surface area (Å²) in [5.74, 6) is -0.747.